The monoisotopic (exact) mass is 315 g/mol. The van der Waals surface area contributed by atoms with Crippen molar-refractivity contribution < 1.29 is 22.8 Å². The molecule has 0 atom stereocenters. The van der Waals surface area contributed by atoms with Crippen LogP contribution in [-0.2, 0) is 10.0 Å². The molecule has 0 saturated heterocycles. The maximum atomic E-state index is 12.4. The van der Waals surface area contributed by atoms with Gasteiger partial charge in [0.15, 0.2) is 0 Å². The second kappa shape index (κ2) is 4.88. The lowest BCUT2D eigenvalue weighted by Gasteiger charge is -2.13. The summed E-state index contributed by atoms with van der Waals surface area (Å²) < 4.78 is 25.0. The van der Waals surface area contributed by atoms with E-state index in [0.29, 0.717) is 11.8 Å². The third-order valence-electron chi connectivity index (χ3n) is 3.30. The first-order valence-corrected chi connectivity index (χ1v) is 7.69. The molecule has 0 spiro atoms. The van der Waals surface area contributed by atoms with E-state index in [1.807, 2.05) is 0 Å². The molecule has 110 valence electrons. The molecule has 0 saturated carbocycles. The van der Waals surface area contributed by atoms with Gasteiger partial charge in [0, 0.05) is 11.1 Å². The second-order valence-electron chi connectivity index (χ2n) is 4.62. The fourth-order valence-corrected chi connectivity index (χ4v) is 3.73. The van der Waals surface area contributed by atoms with E-state index in [2.05, 4.69) is 0 Å². The summed E-state index contributed by atoms with van der Waals surface area (Å²) in [6.45, 7) is 0. The van der Waals surface area contributed by atoms with Crippen molar-refractivity contribution in [3.05, 3.63) is 65.2 Å². The van der Waals surface area contributed by atoms with Gasteiger partial charge in [0.1, 0.15) is 11.2 Å². The number of hydrogen-bond donors (Lipinski definition) is 0. The molecule has 3 rings (SSSR count). The van der Waals surface area contributed by atoms with Gasteiger partial charge in [-0.3, -0.25) is 14.4 Å². The minimum absolute atomic E-state index is 0.00957. The van der Waals surface area contributed by atoms with E-state index in [1.165, 1.54) is 48.5 Å². The summed E-state index contributed by atoms with van der Waals surface area (Å²) in [6, 6.07) is 11.0. The maximum absolute atomic E-state index is 12.4. The third-order valence-corrected chi connectivity index (χ3v) is 5.02. The Bertz CT molecular complexity index is 900. The minimum Gasteiger partial charge on any atom is -0.298 e. The molecule has 22 heavy (non-hydrogen) atoms. The molecule has 2 aromatic carbocycles. The number of hydrogen-bond acceptors (Lipinski definition) is 5. The van der Waals surface area contributed by atoms with Crippen LogP contribution < -0.4 is 0 Å². The van der Waals surface area contributed by atoms with Crippen LogP contribution in [0, 0.1) is 0 Å². The van der Waals surface area contributed by atoms with Crippen LogP contribution in [0.4, 0.5) is 0 Å². The smallest absolute Gasteiger partial charge is 0.276 e. The molecule has 0 fully saturated rings. The number of amides is 2. The van der Waals surface area contributed by atoms with Gasteiger partial charge in [0.2, 0.25) is 0 Å². The Labute approximate surface area is 126 Å². The number of sulfonamides is 1. The Morgan fingerprint density at radius 3 is 2.23 bits per heavy atom. The Balaban J connectivity index is 2.07. The molecule has 0 radical (unpaired) electrons. The molecule has 1 heterocycles. The molecule has 1 aliphatic heterocycles. The van der Waals surface area contributed by atoms with Crippen molar-refractivity contribution in [2.75, 3.05) is 0 Å². The fraction of sp³-hybridized carbons (Fsp3) is 0. The van der Waals surface area contributed by atoms with Crippen LogP contribution >= 0.6 is 0 Å². The summed E-state index contributed by atoms with van der Waals surface area (Å²) in [5.74, 6) is -1.82. The zero-order valence-corrected chi connectivity index (χ0v) is 11.9. The molecule has 0 unspecified atom stereocenters. The molecule has 6 nitrogen and oxygen atoms in total. The molecule has 0 N–H and O–H groups in total. The van der Waals surface area contributed by atoms with E-state index in [-0.39, 0.29) is 20.3 Å². The predicted octanol–water partition coefficient (Wildman–Crippen LogP) is 1.48. The van der Waals surface area contributed by atoms with Crippen molar-refractivity contribution in [3.63, 3.8) is 0 Å². The Morgan fingerprint density at radius 1 is 1.00 bits per heavy atom. The molecular formula is C15H9NO5S. The Morgan fingerprint density at radius 2 is 1.64 bits per heavy atom. The lowest BCUT2D eigenvalue weighted by Crippen LogP contribution is -2.36. The summed E-state index contributed by atoms with van der Waals surface area (Å²) in [6.07, 6.45) is 0.599. The average Bonchev–Trinajstić information content (AvgIpc) is 2.74. The summed E-state index contributed by atoms with van der Waals surface area (Å²) in [5, 5.41) is 0. The van der Waals surface area contributed by atoms with Gasteiger partial charge < -0.3 is 0 Å². The fourth-order valence-electron chi connectivity index (χ4n) is 2.21. The number of nitrogens with zero attached hydrogens (tertiary/aromatic N) is 1. The molecule has 0 aromatic heterocycles. The van der Waals surface area contributed by atoms with Crippen molar-refractivity contribution in [1.29, 1.82) is 0 Å². The van der Waals surface area contributed by atoms with E-state index >= 15 is 0 Å². The summed E-state index contributed by atoms with van der Waals surface area (Å²) >= 11 is 0. The van der Waals surface area contributed by atoms with Gasteiger partial charge >= 0.3 is 0 Å². The van der Waals surface area contributed by atoms with Gasteiger partial charge in [-0.05, 0) is 24.3 Å². The van der Waals surface area contributed by atoms with Crippen LogP contribution in [0.25, 0.3) is 0 Å². The van der Waals surface area contributed by atoms with E-state index in [9.17, 15) is 22.8 Å². The molecule has 2 amide bonds. The van der Waals surface area contributed by atoms with E-state index in [4.69, 9.17) is 0 Å². The number of aldehydes is 1. The SMILES string of the molecule is O=Cc1ccc(C(=O)N2C(=O)c3ccccc3S2(=O)=O)cc1. The number of fused-ring (bicyclic) bond motifs is 1. The first-order valence-electron chi connectivity index (χ1n) is 6.25. The van der Waals surface area contributed by atoms with Gasteiger partial charge in [-0.15, -0.1) is 0 Å². The highest BCUT2D eigenvalue weighted by molar-refractivity contribution is 7.90. The van der Waals surface area contributed by atoms with Gasteiger partial charge in [0.25, 0.3) is 21.8 Å². The van der Waals surface area contributed by atoms with Crippen LogP contribution in [0.5, 0.6) is 0 Å². The highest BCUT2D eigenvalue weighted by atomic mass is 32.2. The quantitative estimate of drug-likeness (QED) is 0.618. The standard InChI is InChI=1S/C15H9NO5S/c17-9-10-5-7-11(8-6-10)14(18)16-15(19)12-3-1-2-4-13(12)22(16,20)21/h1-9H. The molecule has 0 aliphatic carbocycles. The topological polar surface area (TPSA) is 88.6 Å². The van der Waals surface area contributed by atoms with Crippen LogP contribution in [0.2, 0.25) is 0 Å². The van der Waals surface area contributed by atoms with Crippen LogP contribution in [-0.4, -0.2) is 30.8 Å². The van der Waals surface area contributed by atoms with E-state index < -0.39 is 21.8 Å². The highest BCUT2D eigenvalue weighted by Gasteiger charge is 2.45. The van der Waals surface area contributed by atoms with E-state index in [0.717, 1.165) is 0 Å². The first-order chi connectivity index (χ1) is 10.5. The number of carbonyl (C=O) groups excluding carboxylic acids is 3. The van der Waals surface area contributed by atoms with Crippen molar-refractivity contribution in [2.24, 2.45) is 0 Å². The van der Waals surface area contributed by atoms with E-state index in [1.54, 1.807) is 0 Å². The summed E-state index contributed by atoms with van der Waals surface area (Å²) in [7, 11) is -4.19. The van der Waals surface area contributed by atoms with Crippen LogP contribution in [0.15, 0.2) is 53.4 Å². The minimum atomic E-state index is -4.19. The molecule has 7 heteroatoms. The second-order valence-corrected chi connectivity index (χ2v) is 6.37. The summed E-state index contributed by atoms with van der Waals surface area (Å²) in [4.78, 5) is 35.0. The van der Waals surface area contributed by atoms with Crippen LogP contribution in [0.1, 0.15) is 31.1 Å². The van der Waals surface area contributed by atoms with Gasteiger partial charge in [0.05, 0.1) is 5.56 Å². The zero-order chi connectivity index (χ0) is 15.9. The predicted molar refractivity (Wildman–Crippen MR) is 76.0 cm³/mol. The normalized spacial score (nSPS) is 15.5. The van der Waals surface area contributed by atoms with Crippen molar-refractivity contribution >= 4 is 28.1 Å². The molecule has 2 aromatic rings. The number of imide groups is 1. The van der Waals surface area contributed by atoms with Gasteiger partial charge in [-0.2, -0.15) is 4.31 Å². The molecule has 0 bridgehead atoms. The third kappa shape index (κ3) is 1.94. The van der Waals surface area contributed by atoms with Crippen molar-refractivity contribution in [2.45, 2.75) is 4.90 Å². The maximum Gasteiger partial charge on any atom is 0.276 e. The molecule has 1 aliphatic rings. The van der Waals surface area contributed by atoms with Gasteiger partial charge in [-0.1, -0.05) is 24.3 Å². The Hall–Kier alpha value is -2.80. The van der Waals surface area contributed by atoms with Crippen molar-refractivity contribution in [1.82, 2.24) is 4.31 Å². The van der Waals surface area contributed by atoms with Crippen molar-refractivity contribution in [3.8, 4) is 0 Å². The van der Waals surface area contributed by atoms with Gasteiger partial charge in [-0.25, -0.2) is 8.42 Å². The largest absolute Gasteiger partial charge is 0.298 e. The lowest BCUT2D eigenvalue weighted by atomic mass is 10.1. The summed E-state index contributed by atoms with van der Waals surface area (Å²) in [5.41, 5.74) is 0.325. The number of benzene rings is 2. The zero-order valence-electron chi connectivity index (χ0n) is 11.1. The van der Waals surface area contributed by atoms with Crippen LogP contribution in [0.3, 0.4) is 0 Å². The number of rotatable bonds is 2. The Kier molecular flexibility index (Phi) is 3.14. The molecular weight excluding hydrogens is 306 g/mol. The highest BCUT2D eigenvalue weighted by Crippen LogP contribution is 2.31. The first kappa shape index (κ1) is 14.2. The number of carbonyl (C=O) groups is 3. The average molecular weight is 315 g/mol. The lowest BCUT2D eigenvalue weighted by molar-refractivity contribution is 0.0739.